The summed E-state index contributed by atoms with van der Waals surface area (Å²) in [5.74, 6) is -0.375. The van der Waals surface area contributed by atoms with Gasteiger partial charge in [0.25, 0.3) is 10.1 Å². The quantitative estimate of drug-likeness (QED) is 0.701. The molecule has 0 saturated carbocycles. The van der Waals surface area contributed by atoms with Crippen molar-refractivity contribution in [2.75, 3.05) is 5.75 Å². The minimum absolute atomic E-state index is 0.177. The van der Waals surface area contributed by atoms with Crippen LogP contribution in [-0.4, -0.2) is 22.6 Å². The lowest BCUT2D eigenvalue weighted by Gasteiger charge is -2.06. The summed E-state index contributed by atoms with van der Waals surface area (Å²) in [6, 6.07) is 11.3. The molecular formula is C15H18NO5S2+. The zero-order chi connectivity index (χ0) is 16.9. The van der Waals surface area contributed by atoms with Gasteiger partial charge in [-0.2, -0.15) is 16.8 Å². The van der Waals surface area contributed by atoms with Gasteiger partial charge < -0.3 is 0 Å². The first kappa shape index (κ1) is 17.6. The van der Waals surface area contributed by atoms with Crippen molar-refractivity contribution in [3.63, 3.8) is 0 Å². The Hall–Kier alpha value is -1.77. The molecule has 0 aliphatic rings. The van der Waals surface area contributed by atoms with Crippen LogP contribution in [0.1, 0.15) is 12.0 Å². The van der Waals surface area contributed by atoms with Crippen LogP contribution in [0.15, 0.2) is 59.8 Å². The minimum atomic E-state index is -4.32. The summed E-state index contributed by atoms with van der Waals surface area (Å²) in [6.07, 6.45) is 3.85. The molecule has 0 aliphatic carbocycles. The molecule has 0 saturated heterocycles. The predicted molar refractivity (Wildman–Crippen MR) is 84.5 cm³/mol. The number of aromatic nitrogens is 1. The zero-order valence-corrected chi connectivity index (χ0v) is 14.3. The lowest BCUT2D eigenvalue weighted by molar-refractivity contribution is -0.696. The van der Waals surface area contributed by atoms with Crippen LogP contribution in [0.4, 0.5) is 0 Å². The highest BCUT2D eigenvalue weighted by Crippen LogP contribution is 2.16. The summed E-state index contributed by atoms with van der Waals surface area (Å²) in [6.45, 7) is 2.25. The van der Waals surface area contributed by atoms with Crippen molar-refractivity contribution < 1.29 is 25.0 Å². The third-order valence-corrected chi connectivity index (χ3v) is 6.28. The Balaban J connectivity index is 1.98. The molecule has 2 aromatic rings. The van der Waals surface area contributed by atoms with Crippen LogP contribution in [-0.2, 0) is 30.4 Å². The average Bonchev–Trinajstić information content (AvgIpc) is 2.47. The van der Waals surface area contributed by atoms with Gasteiger partial charge in [-0.1, -0.05) is 23.8 Å². The Labute approximate surface area is 136 Å². The molecule has 0 N–H and O–H groups in total. The normalized spacial score (nSPS) is 12.2. The predicted octanol–water partition coefficient (Wildman–Crippen LogP) is 1.41. The van der Waals surface area contributed by atoms with Crippen molar-refractivity contribution in [2.45, 2.75) is 24.8 Å². The van der Waals surface area contributed by atoms with Crippen LogP contribution in [0.25, 0.3) is 0 Å². The number of rotatable bonds is 7. The van der Waals surface area contributed by atoms with E-state index in [1.165, 1.54) is 12.1 Å². The minimum Gasteiger partial charge on any atom is -0.205 e. The molecular weight excluding hydrogens is 338 g/mol. The highest BCUT2D eigenvalue weighted by atomic mass is 32.3. The maximum absolute atomic E-state index is 12.0. The van der Waals surface area contributed by atoms with E-state index in [1.54, 1.807) is 31.5 Å². The van der Waals surface area contributed by atoms with E-state index in [4.69, 9.17) is 0 Å². The van der Waals surface area contributed by atoms with Gasteiger partial charge >= 0.3 is 10.1 Å². The van der Waals surface area contributed by atoms with Crippen molar-refractivity contribution in [2.24, 2.45) is 0 Å². The molecule has 23 heavy (non-hydrogen) atoms. The smallest absolute Gasteiger partial charge is 0.205 e. The van der Waals surface area contributed by atoms with Crippen molar-refractivity contribution >= 4 is 20.2 Å². The number of hydrogen-bond acceptors (Lipinski definition) is 5. The van der Waals surface area contributed by atoms with Crippen molar-refractivity contribution in [1.82, 2.24) is 0 Å². The maximum Gasteiger partial charge on any atom is 0.311 e. The van der Waals surface area contributed by atoms with E-state index in [2.05, 4.69) is 3.63 Å². The third-order valence-electron chi connectivity index (χ3n) is 3.09. The second kappa shape index (κ2) is 7.20. The summed E-state index contributed by atoms with van der Waals surface area (Å²) in [5, 5.41) is 0. The summed E-state index contributed by atoms with van der Waals surface area (Å²) in [4.78, 5) is -0.177. The molecule has 2 rings (SSSR count). The fourth-order valence-electron chi connectivity index (χ4n) is 1.92. The van der Waals surface area contributed by atoms with Gasteiger partial charge in [-0.05, 0) is 19.1 Å². The van der Waals surface area contributed by atoms with Crippen molar-refractivity contribution in [1.29, 1.82) is 0 Å². The van der Waals surface area contributed by atoms with Gasteiger partial charge in [0.05, 0.1) is 10.6 Å². The van der Waals surface area contributed by atoms with E-state index in [9.17, 15) is 16.8 Å². The highest BCUT2D eigenvalue weighted by molar-refractivity contribution is 7.99. The van der Waals surface area contributed by atoms with Gasteiger partial charge in [-0.15, -0.1) is 3.63 Å². The van der Waals surface area contributed by atoms with Crippen LogP contribution < -0.4 is 4.57 Å². The van der Waals surface area contributed by atoms with Crippen molar-refractivity contribution in [3.05, 3.63) is 60.4 Å². The van der Waals surface area contributed by atoms with Crippen molar-refractivity contribution in [3.8, 4) is 0 Å². The Bertz CT molecular complexity index is 845. The van der Waals surface area contributed by atoms with Gasteiger partial charge in [0.15, 0.2) is 12.4 Å². The monoisotopic (exact) mass is 356 g/mol. The molecule has 124 valence electrons. The first-order valence-corrected chi connectivity index (χ1v) is 9.97. The second-order valence-electron chi connectivity index (χ2n) is 5.06. The van der Waals surface area contributed by atoms with Gasteiger partial charge in [0.2, 0.25) is 0 Å². The molecule has 0 radical (unpaired) electrons. The lowest BCUT2D eigenvalue weighted by atomic mass is 10.2. The fourth-order valence-corrected chi connectivity index (χ4v) is 4.55. The molecule has 8 heteroatoms. The average molecular weight is 356 g/mol. The van der Waals surface area contributed by atoms with Crippen LogP contribution in [0.2, 0.25) is 0 Å². The summed E-state index contributed by atoms with van der Waals surface area (Å²) >= 11 is 0. The standard InChI is InChI=1S/C15H18NO5S2/c1-14-6-8-15(9-7-14)23(19,20)21-22(17,18)13-5-12-16-10-3-2-4-11-16/h2-4,6-11H,5,12-13H2,1H3/q+1. The van der Waals surface area contributed by atoms with E-state index in [1.807, 2.05) is 22.8 Å². The molecule has 0 unspecified atom stereocenters. The first-order chi connectivity index (χ1) is 10.8. The Morgan fingerprint density at radius 1 is 0.957 bits per heavy atom. The van der Waals surface area contributed by atoms with E-state index in [-0.39, 0.29) is 17.1 Å². The SMILES string of the molecule is Cc1ccc(S(=O)(=O)OS(=O)(=O)CCC[n+]2ccccc2)cc1. The first-order valence-electron chi connectivity index (χ1n) is 6.98. The highest BCUT2D eigenvalue weighted by Gasteiger charge is 2.25. The Morgan fingerprint density at radius 3 is 2.17 bits per heavy atom. The van der Waals surface area contributed by atoms with Crippen LogP contribution in [0.3, 0.4) is 0 Å². The summed E-state index contributed by atoms with van der Waals surface area (Å²) < 4.78 is 53.9. The van der Waals surface area contributed by atoms with E-state index in [0.717, 1.165) is 5.56 Å². The number of nitrogens with zero attached hydrogens (tertiary/aromatic N) is 1. The van der Waals surface area contributed by atoms with Gasteiger partial charge in [0, 0.05) is 18.6 Å². The molecule has 0 bridgehead atoms. The molecule has 6 nitrogen and oxygen atoms in total. The lowest BCUT2D eigenvalue weighted by Crippen LogP contribution is -2.33. The largest absolute Gasteiger partial charge is 0.311 e. The van der Waals surface area contributed by atoms with Gasteiger partial charge in [-0.25, -0.2) is 4.57 Å². The fraction of sp³-hybridized carbons (Fsp3) is 0.267. The molecule has 0 atom stereocenters. The van der Waals surface area contributed by atoms with Crippen LogP contribution >= 0.6 is 0 Å². The molecule has 0 aliphatic heterocycles. The van der Waals surface area contributed by atoms with Gasteiger partial charge in [0.1, 0.15) is 6.54 Å². The molecule has 1 aromatic heterocycles. The topological polar surface area (TPSA) is 81.4 Å². The Kier molecular flexibility index (Phi) is 5.51. The van der Waals surface area contributed by atoms with E-state index >= 15 is 0 Å². The number of hydrogen-bond donors (Lipinski definition) is 0. The third kappa shape index (κ3) is 5.42. The van der Waals surface area contributed by atoms with Crippen LogP contribution in [0.5, 0.6) is 0 Å². The Morgan fingerprint density at radius 2 is 1.57 bits per heavy atom. The van der Waals surface area contributed by atoms with Gasteiger partial charge in [-0.3, -0.25) is 0 Å². The summed E-state index contributed by atoms with van der Waals surface area (Å²) in [5.41, 5.74) is 0.867. The number of pyridine rings is 1. The molecule has 0 amide bonds. The molecule has 1 heterocycles. The number of aryl methyl sites for hydroxylation is 2. The van der Waals surface area contributed by atoms with E-state index in [0.29, 0.717) is 6.54 Å². The van der Waals surface area contributed by atoms with Crippen LogP contribution in [0, 0.1) is 6.92 Å². The molecule has 1 aromatic carbocycles. The van der Waals surface area contributed by atoms with E-state index < -0.39 is 20.2 Å². The number of benzene rings is 1. The zero-order valence-electron chi connectivity index (χ0n) is 12.6. The summed E-state index contributed by atoms with van der Waals surface area (Å²) in [7, 11) is -8.49. The second-order valence-corrected chi connectivity index (χ2v) is 8.51. The maximum atomic E-state index is 12.0. The molecule has 0 fully saturated rings. The molecule has 0 spiro atoms.